The predicted molar refractivity (Wildman–Crippen MR) is 87.4 cm³/mol. The number of hydrogen-bond donors (Lipinski definition) is 1. The van der Waals surface area contributed by atoms with E-state index in [1.54, 1.807) is 28.8 Å². The van der Waals surface area contributed by atoms with E-state index < -0.39 is 5.97 Å². The normalized spacial score (nSPS) is 10.9. The number of aromatic nitrogens is 4. The van der Waals surface area contributed by atoms with Crippen LogP contribution >= 0.6 is 11.6 Å². The molecule has 0 bridgehead atoms. The maximum atomic E-state index is 11.8. The van der Waals surface area contributed by atoms with Gasteiger partial charge in [-0.15, -0.1) is 0 Å². The lowest BCUT2D eigenvalue weighted by atomic mass is 10.2. The van der Waals surface area contributed by atoms with E-state index in [2.05, 4.69) is 15.0 Å². The highest BCUT2D eigenvalue weighted by Crippen LogP contribution is 2.20. The molecular formula is C15H14ClN5O3. The molecule has 0 aliphatic carbocycles. The second-order valence-electron chi connectivity index (χ2n) is 4.77. The molecule has 9 heteroatoms. The van der Waals surface area contributed by atoms with Crippen molar-refractivity contribution >= 4 is 34.7 Å². The minimum Gasteiger partial charge on any atom is -0.460 e. The smallest absolute Gasteiger partial charge is 0.338 e. The van der Waals surface area contributed by atoms with Gasteiger partial charge in [0, 0.05) is 0 Å². The zero-order valence-corrected chi connectivity index (χ0v) is 13.3. The lowest BCUT2D eigenvalue weighted by Crippen LogP contribution is -2.13. The van der Waals surface area contributed by atoms with Gasteiger partial charge in [0.2, 0.25) is 5.95 Å². The first-order valence-corrected chi connectivity index (χ1v) is 7.46. The van der Waals surface area contributed by atoms with Gasteiger partial charge in [-0.05, 0) is 12.1 Å². The molecular weight excluding hydrogens is 334 g/mol. The quantitative estimate of drug-likeness (QED) is 0.412. The fraction of sp³-hybridized carbons (Fsp3) is 0.200. The molecule has 0 unspecified atom stereocenters. The average Bonchev–Trinajstić information content (AvgIpc) is 2.92. The maximum Gasteiger partial charge on any atom is 0.338 e. The second-order valence-corrected chi connectivity index (χ2v) is 5.13. The molecule has 0 saturated heterocycles. The number of carbonyl (C=O) groups excluding carboxylic acids is 1. The van der Waals surface area contributed by atoms with Gasteiger partial charge in [-0.25, -0.2) is 19.7 Å². The van der Waals surface area contributed by atoms with Crippen LogP contribution in [-0.2, 0) is 16.2 Å². The summed E-state index contributed by atoms with van der Waals surface area (Å²) in [5, 5.41) is 0.224. The number of nitrogens with zero attached hydrogens (tertiary/aromatic N) is 4. The molecule has 0 atom stereocenters. The summed E-state index contributed by atoms with van der Waals surface area (Å²) in [6.07, 6.45) is 1.32. The SMILES string of the molecule is Nc1nc2c(Cl)ncnc2n1COCCOC(=O)c1ccccc1. The molecule has 0 aliphatic heterocycles. The fourth-order valence-corrected chi connectivity index (χ4v) is 2.23. The van der Waals surface area contributed by atoms with Gasteiger partial charge in [0.1, 0.15) is 25.2 Å². The lowest BCUT2D eigenvalue weighted by Gasteiger charge is -2.08. The summed E-state index contributed by atoms with van der Waals surface area (Å²) in [4.78, 5) is 23.8. The predicted octanol–water partition coefficient (Wildman–Crippen LogP) is 1.89. The minimum absolute atomic E-state index is 0.110. The number of benzene rings is 1. The third-order valence-electron chi connectivity index (χ3n) is 3.21. The van der Waals surface area contributed by atoms with Crippen molar-refractivity contribution in [2.45, 2.75) is 6.73 Å². The van der Waals surface area contributed by atoms with Gasteiger partial charge < -0.3 is 15.2 Å². The van der Waals surface area contributed by atoms with Crippen molar-refractivity contribution in [3.8, 4) is 0 Å². The molecule has 2 aromatic heterocycles. The minimum atomic E-state index is -0.397. The molecule has 3 aromatic rings. The molecule has 0 fully saturated rings. The van der Waals surface area contributed by atoms with Crippen molar-refractivity contribution in [3.63, 3.8) is 0 Å². The van der Waals surface area contributed by atoms with E-state index in [0.29, 0.717) is 16.7 Å². The Morgan fingerprint density at radius 2 is 2.00 bits per heavy atom. The molecule has 8 nitrogen and oxygen atoms in total. The maximum absolute atomic E-state index is 11.8. The summed E-state index contributed by atoms with van der Waals surface area (Å²) in [5.74, 6) is -0.181. The molecule has 24 heavy (non-hydrogen) atoms. The highest BCUT2D eigenvalue weighted by Gasteiger charge is 2.13. The monoisotopic (exact) mass is 347 g/mol. The van der Waals surface area contributed by atoms with Crippen LogP contribution in [-0.4, -0.2) is 38.7 Å². The molecule has 0 amide bonds. The number of carbonyl (C=O) groups is 1. The number of fused-ring (bicyclic) bond motifs is 1. The molecule has 0 saturated carbocycles. The Morgan fingerprint density at radius 1 is 1.21 bits per heavy atom. The van der Waals surface area contributed by atoms with Crippen molar-refractivity contribution in [2.24, 2.45) is 0 Å². The highest BCUT2D eigenvalue weighted by atomic mass is 35.5. The van der Waals surface area contributed by atoms with E-state index in [1.807, 2.05) is 6.07 Å². The van der Waals surface area contributed by atoms with Crippen LogP contribution in [0.1, 0.15) is 10.4 Å². The van der Waals surface area contributed by atoms with Gasteiger partial charge in [-0.2, -0.15) is 0 Å². The number of nitrogens with two attached hydrogens (primary N) is 1. The van der Waals surface area contributed by atoms with Crippen LogP contribution in [0.15, 0.2) is 36.7 Å². The molecule has 0 aliphatic rings. The standard InChI is InChI=1S/C15H14ClN5O3/c16-12-11-13(19-8-18-12)21(15(17)20-11)9-23-6-7-24-14(22)10-4-2-1-3-5-10/h1-5,8H,6-7,9H2,(H2,17,20). The Bertz CT molecular complexity index is 853. The number of nitrogen functional groups attached to an aromatic ring is 1. The lowest BCUT2D eigenvalue weighted by molar-refractivity contribution is 0.0185. The van der Waals surface area contributed by atoms with Crippen molar-refractivity contribution in [1.29, 1.82) is 0 Å². The molecule has 2 N–H and O–H groups in total. The zero-order valence-electron chi connectivity index (χ0n) is 12.6. The third-order valence-corrected chi connectivity index (χ3v) is 3.48. The number of rotatable bonds is 6. The number of halogens is 1. The Morgan fingerprint density at radius 3 is 2.79 bits per heavy atom. The van der Waals surface area contributed by atoms with Crippen LogP contribution in [0.3, 0.4) is 0 Å². The number of hydrogen-bond acceptors (Lipinski definition) is 7. The number of anilines is 1. The Labute approximate surface area is 142 Å². The van der Waals surface area contributed by atoms with E-state index in [-0.39, 0.29) is 31.0 Å². The third kappa shape index (κ3) is 3.44. The van der Waals surface area contributed by atoms with Gasteiger partial charge in [-0.3, -0.25) is 4.57 Å². The van der Waals surface area contributed by atoms with Crippen molar-refractivity contribution < 1.29 is 14.3 Å². The van der Waals surface area contributed by atoms with Crippen LogP contribution in [0.5, 0.6) is 0 Å². The first-order valence-electron chi connectivity index (χ1n) is 7.09. The average molecular weight is 348 g/mol. The van der Waals surface area contributed by atoms with Crippen LogP contribution in [0.2, 0.25) is 5.15 Å². The number of imidazole rings is 1. The van der Waals surface area contributed by atoms with Crippen LogP contribution < -0.4 is 5.73 Å². The number of esters is 1. The fourth-order valence-electron chi connectivity index (χ4n) is 2.06. The van der Waals surface area contributed by atoms with Gasteiger partial charge in [0.25, 0.3) is 0 Å². The second kappa shape index (κ2) is 7.24. The van der Waals surface area contributed by atoms with Gasteiger partial charge in [0.05, 0.1) is 12.2 Å². The molecule has 3 rings (SSSR count). The summed E-state index contributed by atoms with van der Waals surface area (Å²) >= 11 is 5.94. The molecule has 2 heterocycles. The van der Waals surface area contributed by atoms with Gasteiger partial charge in [0.15, 0.2) is 10.8 Å². The first-order chi connectivity index (χ1) is 11.7. The summed E-state index contributed by atoms with van der Waals surface area (Å²) < 4.78 is 12.1. The van der Waals surface area contributed by atoms with E-state index >= 15 is 0 Å². The van der Waals surface area contributed by atoms with Crippen LogP contribution in [0.25, 0.3) is 11.2 Å². The Balaban J connectivity index is 1.52. The highest BCUT2D eigenvalue weighted by molar-refractivity contribution is 6.33. The van der Waals surface area contributed by atoms with E-state index in [9.17, 15) is 4.79 Å². The van der Waals surface area contributed by atoms with E-state index in [4.69, 9.17) is 26.8 Å². The Hall–Kier alpha value is -2.71. The zero-order chi connectivity index (χ0) is 16.9. The summed E-state index contributed by atoms with van der Waals surface area (Å²) in [7, 11) is 0. The van der Waals surface area contributed by atoms with Crippen molar-refractivity contribution in [3.05, 3.63) is 47.4 Å². The molecule has 0 spiro atoms. The van der Waals surface area contributed by atoms with Gasteiger partial charge in [-0.1, -0.05) is 29.8 Å². The van der Waals surface area contributed by atoms with Gasteiger partial charge >= 0.3 is 5.97 Å². The summed E-state index contributed by atoms with van der Waals surface area (Å²) in [6, 6.07) is 8.74. The van der Waals surface area contributed by atoms with E-state index in [1.165, 1.54) is 6.33 Å². The topological polar surface area (TPSA) is 105 Å². The first kappa shape index (κ1) is 16.2. The molecule has 124 valence electrons. The van der Waals surface area contributed by atoms with Crippen molar-refractivity contribution in [1.82, 2.24) is 19.5 Å². The van der Waals surface area contributed by atoms with Crippen LogP contribution in [0.4, 0.5) is 5.95 Å². The number of ether oxygens (including phenoxy) is 2. The van der Waals surface area contributed by atoms with Crippen LogP contribution in [0, 0.1) is 0 Å². The Kier molecular flexibility index (Phi) is 4.88. The van der Waals surface area contributed by atoms with E-state index in [0.717, 1.165) is 0 Å². The molecule has 1 aromatic carbocycles. The summed E-state index contributed by atoms with van der Waals surface area (Å²) in [5.41, 5.74) is 7.21. The summed E-state index contributed by atoms with van der Waals surface area (Å²) in [6.45, 7) is 0.436. The van der Waals surface area contributed by atoms with Crippen molar-refractivity contribution in [2.75, 3.05) is 18.9 Å². The largest absolute Gasteiger partial charge is 0.460 e. The molecule has 0 radical (unpaired) electrons.